The first-order chi connectivity index (χ1) is 42.4. The number of pyridine rings is 1. The number of piperidine rings is 2. The van der Waals surface area contributed by atoms with Crippen LogP contribution < -0.4 is 25.0 Å². The molecule has 6 aromatic rings. The fraction of sp³-hybridized carbons (Fsp3) is 0.415. The number of halogens is 1. The number of nitro groups is 1. The van der Waals surface area contributed by atoms with Crippen LogP contribution in [-0.2, 0) is 19.6 Å². The van der Waals surface area contributed by atoms with E-state index in [4.69, 9.17) is 16.3 Å². The quantitative estimate of drug-likeness (QED) is 0.0153. The van der Waals surface area contributed by atoms with Gasteiger partial charge in [0, 0.05) is 91.6 Å². The minimum absolute atomic E-state index is 0.0563. The number of ether oxygens (including phenoxy) is 1. The van der Waals surface area contributed by atoms with Crippen molar-refractivity contribution in [2.24, 2.45) is 11.3 Å². The van der Waals surface area contributed by atoms with Crippen LogP contribution in [0, 0.1) is 21.4 Å². The van der Waals surface area contributed by atoms with E-state index in [2.05, 4.69) is 66.0 Å². The molecular weight excluding hydrogens is 1180 g/mol. The van der Waals surface area contributed by atoms with Gasteiger partial charge in [-0.05, 0) is 153 Å². The predicted octanol–water partition coefficient (Wildman–Crippen LogP) is 11.1. The maximum absolute atomic E-state index is 14.2. The molecular formula is C65H73ClN10O10S2. The highest BCUT2D eigenvalue weighted by molar-refractivity contribution is 7.99. The van der Waals surface area contributed by atoms with E-state index >= 15 is 0 Å². The molecule has 5 amide bonds. The van der Waals surface area contributed by atoms with E-state index in [1.807, 2.05) is 24.3 Å². The normalized spacial score (nSPS) is 19.3. The molecule has 20 nitrogen and oxygen atoms in total. The number of benzene rings is 4. The number of hydrogen-bond acceptors (Lipinski definition) is 16. The van der Waals surface area contributed by atoms with Crippen molar-refractivity contribution in [2.75, 3.05) is 74.9 Å². The number of amides is 5. The average Bonchev–Trinajstić information content (AvgIpc) is 1.68. The fourth-order valence-electron chi connectivity index (χ4n) is 12.7. The van der Waals surface area contributed by atoms with E-state index in [-0.39, 0.29) is 46.7 Å². The number of thioether (sulfide) groups is 1. The summed E-state index contributed by atoms with van der Waals surface area (Å²) in [7, 11) is -4.63. The highest BCUT2D eigenvalue weighted by Crippen LogP contribution is 2.44. The van der Waals surface area contributed by atoms with Crippen molar-refractivity contribution in [1.82, 2.24) is 34.7 Å². The lowest BCUT2D eigenvalue weighted by atomic mass is 9.72. The van der Waals surface area contributed by atoms with Gasteiger partial charge >= 0.3 is 0 Å². The number of hydrogen-bond donors (Lipinski definition) is 4. The Balaban J connectivity index is 0.665. The highest BCUT2D eigenvalue weighted by Gasteiger charge is 2.46. The molecule has 0 radical (unpaired) electrons. The number of nitrogens with one attached hydrogen (secondary N) is 4. The Morgan fingerprint density at radius 1 is 0.886 bits per heavy atom. The van der Waals surface area contributed by atoms with Crippen molar-refractivity contribution in [1.29, 1.82) is 0 Å². The lowest BCUT2D eigenvalue weighted by molar-refractivity contribution is -0.384. The standard InChI is InChI=1S/C65H73ClN10O10S2/c1-65(2)25-23-45(52(37-65)43-13-15-46(66)16-14-43)41-73-29-31-74(32-30-73)47-17-19-50(56(35-47)86-48-34-44-24-26-67-60(44)69-39-48)61(78)71-88(84,85)49-18-20-53(55(36-49)76(82)83)68-38-42-10-9-28-72(40-42)27-6-4-3-5-7-33-87-57-12-8-11-51-59(57)64(81)75(63(51)80)54-21-22-58(77)70-62(54)79/h8,11-20,24,26,34-36,39,42,54,68H,3-7,9-10,21-23,25,27-33,37-38,40-41H2,1-2H3,(H,67,69)(H,71,78)(H,70,77,79). The maximum Gasteiger partial charge on any atom is 0.293 e. The fourth-order valence-corrected chi connectivity index (χ4v) is 14.9. The number of fused-ring (bicyclic) bond motifs is 2. The third kappa shape index (κ3) is 14.4. The number of sulfonamides is 1. The molecule has 2 unspecified atom stereocenters. The Labute approximate surface area is 521 Å². The van der Waals surface area contributed by atoms with Gasteiger partial charge in [0.15, 0.2) is 0 Å². The van der Waals surface area contributed by atoms with Crippen LogP contribution in [-0.4, -0.2) is 138 Å². The second-order valence-electron chi connectivity index (χ2n) is 24.4. The highest BCUT2D eigenvalue weighted by atomic mass is 35.5. The van der Waals surface area contributed by atoms with E-state index in [1.165, 1.54) is 46.8 Å². The largest absolute Gasteiger partial charge is 0.455 e. The number of aromatic amines is 1. The van der Waals surface area contributed by atoms with Crippen LogP contribution in [0.5, 0.6) is 11.5 Å². The minimum atomic E-state index is -4.63. The number of nitrogens with zero attached hydrogens (tertiary/aromatic N) is 6. The third-order valence-corrected chi connectivity index (χ3v) is 20.3. The second-order valence-corrected chi connectivity index (χ2v) is 27.6. The van der Waals surface area contributed by atoms with Gasteiger partial charge in [-0.15, -0.1) is 11.8 Å². The van der Waals surface area contributed by atoms with E-state index in [9.17, 15) is 42.5 Å². The minimum Gasteiger partial charge on any atom is -0.455 e. The van der Waals surface area contributed by atoms with Crippen LogP contribution in [0.3, 0.4) is 0 Å². The molecule has 3 saturated heterocycles. The van der Waals surface area contributed by atoms with Gasteiger partial charge < -0.3 is 24.8 Å². The summed E-state index contributed by atoms with van der Waals surface area (Å²) < 4.78 is 36.6. The van der Waals surface area contributed by atoms with E-state index in [0.29, 0.717) is 41.5 Å². The number of anilines is 2. The molecule has 0 saturated carbocycles. The molecule has 11 rings (SSSR count). The van der Waals surface area contributed by atoms with Gasteiger partial charge in [-0.1, -0.05) is 68.5 Å². The molecule has 4 aliphatic heterocycles. The molecule has 0 bridgehead atoms. The lowest BCUT2D eigenvalue weighted by Gasteiger charge is -2.39. The van der Waals surface area contributed by atoms with E-state index < -0.39 is 61.1 Å². The van der Waals surface area contributed by atoms with Crippen LogP contribution in [0.2, 0.25) is 5.02 Å². The number of unbranched alkanes of at least 4 members (excludes halogenated alkanes) is 4. The number of likely N-dealkylation sites (tertiary alicyclic amines) is 1. The van der Waals surface area contributed by atoms with Crippen molar-refractivity contribution < 1.29 is 42.1 Å². The molecule has 4 aromatic carbocycles. The number of aromatic nitrogens is 2. The number of carbonyl (C=O) groups is 5. The van der Waals surface area contributed by atoms with Crippen molar-refractivity contribution in [3.05, 3.63) is 146 Å². The van der Waals surface area contributed by atoms with E-state index in [0.717, 1.165) is 136 Å². The SMILES string of the molecule is CC1(C)CCC(CN2CCN(c3ccc(C(=O)NS(=O)(=O)c4ccc(NCC5CCCN(CCCCCCCSc6cccc7c6C(=O)N(C6CCC(=O)NC6=O)C7=O)C5)c([N+](=O)[O-])c4)c(Oc4cnc5[nH]ccc5c4)c3)CC2)=C(c2ccc(Cl)cc2)C1. The summed E-state index contributed by atoms with van der Waals surface area (Å²) >= 11 is 7.80. The molecule has 2 aromatic heterocycles. The zero-order chi connectivity index (χ0) is 61.7. The van der Waals surface area contributed by atoms with Gasteiger partial charge in [0.2, 0.25) is 11.8 Å². The van der Waals surface area contributed by atoms with Gasteiger partial charge in [0.1, 0.15) is 28.9 Å². The van der Waals surface area contributed by atoms with E-state index in [1.54, 1.807) is 42.6 Å². The Hall–Kier alpha value is -7.63. The molecule has 1 aliphatic carbocycles. The molecule has 3 fully saturated rings. The third-order valence-electron chi connectivity index (χ3n) is 17.5. The van der Waals surface area contributed by atoms with Crippen molar-refractivity contribution in [3.8, 4) is 11.5 Å². The van der Waals surface area contributed by atoms with Crippen LogP contribution in [0.25, 0.3) is 16.6 Å². The molecule has 2 atom stereocenters. The Kier molecular flexibility index (Phi) is 19.0. The summed E-state index contributed by atoms with van der Waals surface area (Å²) in [5.74, 6) is -1.63. The molecule has 462 valence electrons. The van der Waals surface area contributed by atoms with Crippen molar-refractivity contribution in [3.63, 3.8) is 0 Å². The molecule has 88 heavy (non-hydrogen) atoms. The first kappa shape index (κ1) is 62.0. The molecule has 4 N–H and O–H groups in total. The topological polar surface area (TPSA) is 250 Å². The van der Waals surface area contributed by atoms with Gasteiger partial charge in [-0.2, -0.15) is 0 Å². The van der Waals surface area contributed by atoms with Crippen LogP contribution >= 0.6 is 23.4 Å². The number of rotatable bonds is 23. The number of carbonyl (C=O) groups excluding carboxylic acids is 5. The summed E-state index contributed by atoms with van der Waals surface area (Å²) in [6.45, 7) is 11.7. The molecule has 23 heteroatoms. The summed E-state index contributed by atoms with van der Waals surface area (Å²) in [6.07, 6.45) is 13.5. The Morgan fingerprint density at radius 2 is 1.68 bits per heavy atom. The zero-order valence-electron chi connectivity index (χ0n) is 49.5. The second kappa shape index (κ2) is 27.0. The summed E-state index contributed by atoms with van der Waals surface area (Å²) in [5.41, 5.74) is 6.00. The van der Waals surface area contributed by atoms with Gasteiger partial charge in [-0.25, -0.2) is 18.1 Å². The van der Waals surface area contributed by atoms with Crippen molar-refractivity contribution >= 4 is 96.6 Å². The van der Waals surface area contributed by atoms with Crippen LogP contribution in [0.15, 0.2) is 119 Å². The Bertz CT molecular complexity index is 3810. The number of H-pyrrole nitrogens is 1. The molecule has 0 spiro atoms. The smallest absolute Gasteiger partial charge is 0.293 e. The average molecular weight is 1250 g/mol. The molecule has 5 aliphatic rings. The monoisotopic (exact) mass is 1250 g/mol. The van der Waals surface area contributed by atoms with Crippen LogP contribution in [0.1, 0.15) is 128 Å². The number of nitro benzene ring substituents is 1. The first-order valence-electron chi connectivity index (χ1n) is 30.3. The maximum atomic E-state index is 14.2. The summed E-state index contributed by atoms with van der Waals surface area (Å²) in [4.78, 5) is 92.9. The molecule has 6 heterocycles. The summed E-state index contributed by atoms with van der Waals surface area (Å²) in [5, 5.41) is 19.5. The number of piperazine rings is 1. The number of allylic oxidation sites excluding steroid dienone is 1. The summed E-state index contributed by atoms with van der Waals surface area (Å²) in [6, 6.07) is 24.6. The predicted molar refractivity (Wildman–Crippen MR) is 340 cm³/mol. The first-order valence-corrected chi connectivity index (χ1v) is 33.2. The zero-order valence-corrected chi connectivity index (χ0v) is 51.9. The van der Waals surface area contributed by atoms with Crippen LogP contribution in [0.4, 0.5) is 17.1 Å². The van der Waals surface area contributed by atoms with Gasteiger partial charge in [-0.3, -0.25) is 49.2 Å². The van der Waals surface area contributed by atoms with Gasteiger partial charge in [0.05, 0.1) is 32.7 Å². The lowest BCUT2D eigenvalue weighted by Crippen LogP contribution is -2.54. The van der Waals surface area contributed by atoms with Crippen molar-refractivity contribution in [2.45, 2.75) is 107 Å². The number of imide groups is 2. The van der Waals surface area contributed by atoms with Gasteiger partial charge in [0.25, 0.3) is 33.4 Å². The Morgan fingerprint density at radius 3 is 2.48 bits per heavy atom.